The fraction of sp³-hybridized carbons (Fsp3) is 0.208. The maximum absolute atomic E-state index is 10.5. The van der Waals surface area contributed by atoms with Gasteiger partial charge in [0.2, 0.25) is 0 Å². The van der Waals surface area contributed by atoms with Crippen LogP contribution < -0.4 is 0 Å². The van der Waals surface area contributed by atoms with E-state index in [-0.39, 0.29) is 5.97 Å². The smallest absolute Gasteiger partial charge is 0.330 e. The standard InChI is InChI=1S/C17H16O.C7H12O2/c1-14(16-8-3-2-4-9-16)6-5-7-15-10-12-17(18)13-11-15;1-5-6(8)9-7(2,3)4/h2-13,18H,1H3;5H,1H2,2-4H3. The highest BCUT2D eigenvalue weighted by Gasteiger charge is 2.12. The molecule has 0 aliphatic carbocycles. The van der Waals surface area contributed by atoms with Crippen LogP contribution in [0.3, 0.4) is 0 Å². The number of hydrogen-bond acceptors (Lipinski definition) is 3. The molecular formula is C24H28O3. The summed E-state index contributed by atoms with van der Waals surface area (Å²) in [6, 6.07) is 17.4. The summed E-state index contributed by atoms with van der Waals surface area (Å²) >= 11 is 0. The molecule has 0 unspecified atom stereocenters. The van der Waals surface area contributed by atoms with Crippen LogP contribution in [-0.2, 0) is 9.53 Å². The van der Waals surface area contributed by atoms with Gasteiger partial charge in [0.15, 0.2) is 0 Å². The van der Waals surface area contributed by atoms with Crippen LogP contribution in [0.2, 0.25) is 0 Å². The van der Waals surface area contributed by atoms with Gasteiger partial charge in [-0.3, -0.25) is 0 Å². The van der Waals surface area contributed by atoms with Crippen molar-refractivity contribution < 1.29 is 14.6 Å². The average Bonchev–Trinajstić information content (AvgIpc) is 2.63. The van der Waals surface area contributed by atoms with Crippen LogP contribution in [0.25, 0.3) is 11.6 Å². The molecule has 1 N–H and O–H groups in total. The largest absolute Gasteiger partial charge is 0.508 e. The topological polar surface area (TPSA) is 46.5 Å². The predicted molar refractivity (Wildman–Crippen MR) is 113 cm³/mol. The Balaban J connectivity index is 0.000000345. The third-order valence-corrected chi connectivity index (χ3v) is 3.33. The van der Waals surface area contributed by atoms with Crippen LogP contribution in [0.4, 0.5) is 0 Å². The zero-order valence-corrected chi connectivity index (χ0v) is 16.5. The Bertz CT molecular complexity index is 777. The molecule has 0 bridgehead atoms. The number of aromatic hydroxyl groups is 1. The van der Waals surface area contributed by atoms with Gasteiger partial charge < -0.3 is 9.84 Å². The molecule has 2 aromatic rings. The second-order valence-corrected chi connectivity index (χ2v) is 6.90. The van der Waals surface area contributed by atoms with Gasteiger partial charge in [0.05, 0.1) is 0 Å². The Morgan fingerprint density at radius 3 is 2.11 bits per heavy atom. The third kappa shape index (κ3) is 9.85. The van der Waals surface area contributed by atoms with Crippen molar-refractivity contribution in [3.63, 3.8) is 0 Å². The van der Waals surface area contributed by atoms with E-state index in [0.29, 0.717) is 5.75 Å². The SMILES string of the molecule is C=CC(=O)OC(C)(C)C.CC(=CC=Cc1ccc(O)cc1)c1ccccc1. The molecule has 0 fully saturated rings. The van der Waals surface area contributed by atoms with Gasteiger partial charge in [0, 0.05) is 6.08 Å². The highest BCUT2D eigenvalue weighted by atomic mass is 16.6. The van der Waals surface area contributed by atoms with Gasteiger partial charge >= 0.3 is 5.97 Å². The number of carbonyl (C=O) groups is 1. The van der Waals surface area contributed by atoms with E-state index in [1.165, 1.54) is 11.1 Å². The Morgan fingerprint density at radius 1 is 1.04 bits per heavy atom. The minimum atomic E-state index is -0.398. The minimum absolute atomic E-state index is 0.295. The van der Waals surface area contributed by atoms with E-state index < -0.39 is 5.60 Å². The average molecular weight is 364 g/mol. The van der Waals surface area contributed by atoms with Crippen molar-refractivity contribution in [2.24, 2.45) is 0 Å². The molecule has 0 spiro atoms. The summed E-state index contributed by atoms with van der Waals surface area (Å²) in [7, 11) is 0. The molecular weight excluding hydrogens is 336 g/mol. The lowest BCUT2D eigenvalue weighted by molar-refractivity contribution is -0.148. The van der Waals surface area contributed by atoms with Crippen LogP contribution >= 0.6 is 0 Å². The summed E-state index contributed by atoms with van der Waals surface area (Å²) in [5.41, 5.74) is 3.13. The maximum Gasteiger partial charge on any atom is 0.330 e. The Labute approximate surface area is 162 Å². The summed E-state index contributed by atoms with van der Waals surface area (Å²) in [6.07, 6.45) is 7.29. The number of allylic oxidation sites excluding steroid dienone is 3. The van der Waals surface area contributed by atoms with Crippen LogP contribution in [0.1, 0.15) is 38.8 Å². The highest BCUT2D eigenvalue weighted by Crippen LogP contribution is 2.14. The number of esters is 1. The summed E-state index contributed by atoms with van der Waals surface area (Å²) < 4.78 is 4.83. The van der Waals surface area contributed by atoms with Crippen molar-refractivity contribution in [2.45, 2.75) is 33.3 Å². The number of hydrogen-bond donors (Lipinski definition) is 1. The normalized spacial score (nSPS) is 11.5. The molecule has 2 aromatic carbocycles. The molecule has 0 amide bonds. The van der Waals surface area contributed by atoms with E-state index in [2.05, 4.69) is 31.7 Å². The lowest BCUT2D eigenvalue weighted by Gasteiger charge is -2.17. The first kappa shape index (κ1) is 22.0. The maximum atomic E-state index is 10.5. The predicted octanol–water partition coefficient (Wildman–Crippen LogP) is 6.02. The Hall–Kier alpha value is -3.07. The molecule has 3 heteroatoms. The van der Waals surface area contributed by atoms with E-state index in [0.717, 1.165) is 11.6 Å². The molecule has 0 atom stereocenters. The third-order valence-electron chi connectivity index (χ3n) is 3.33. The van der Waals surface area contributed by atoms with Gasteiger partial charge in [-0.05, 0) is 56.5 Å². The molecule has 27 heavy (non-hydrogen) atoms. The molecule has 0 saturated heterocycles. The molecule has 142 valence electrons. The van der Waals surface area contributed by atoms with Crippen molar-refractivity contribution in [1.29, 1.82) is 0 Å². The van der Waals surface area contributed by atoms with Crippen molar-refractivity contribution in [3.05, 3.63) is 90.5 Å². The van der Waals surface area contributed by atoms with E-state index in [9.17, 15) is 9.90 Å². The van der Waals surface area contributed by atoms with Gasteiger partial charge in [0.25, 0.3) is 0 Å². The number of rotatable bonds is 4. The van der Waals surface area contributed by atoms with Gasteiger partial charge in [-0.2, -0.15) is 0 Å². The van der Waals surface area contributed by atoms with E-state index in [1.54, 1.807) is 12.1 Å². The zero-order valence-electron chi connectivity index (χ0n) is 16.5. The van der Waals surface area contributed by atoms with E-state index in [4.69, 9.17) is 4.74 Å². The van der Waals surface area contributed by atoms with Gasteiger partial charge in [0.1, 0.15) is 11.4 Å². The van der Waals surface area contributed by atoms with Gasteiger partial charge in [-0.1, -0.05) is 67.3 Å². The Kier molecular flexibility index (Phi) is 8.80. The minimum Gasteiger partial charge on any atom is -0.508 e. The lowest BCUT2D eigenvalue weighted by Crippen LogP contribution is -2.22. The fourth-order valence-electron chi connectivity index (χ4n) is 2.03. The van der Waals surface area contributed by atoms with Crippen LogP contribution in [0.5, 0.6) is 5.75 Å². The van der Waals surface area contributed by atoms with E-state index >= 15 is 0 Å². The number of benzene rings is 2. The van der Waals surface area contributed by atoms with Crippen molar-refractivity contribution in [2.75, 3.05) is 0 Å². The molecule has 0 radical (unpaired) electrons. The summed E-state index contributed by atoms with van der Waals surface area (Å²) in [4.78, 5) is 10.5. The van der Waals surface area contributed by atoms with Gasteiger partial charge in [-0.15, -0.1) is 0 Å². The first-order valence-corrected chi connectivity index (χ1v) is 8.76. The summed E-state index contributed by atoms with van der Waals surface area (Å²) in [5.74, 6) is -0.0781. The van der Waals surface area contributed by atoms with Gasteiger partial charge in [-0.25, -0.2) is 4.79 Å². The molecule has 0 heterocycles. The Morgan fingerprint density at radius 2 is 1.63 bits per heavy atom. The van der Waals surface area contributed by atoms with Crippen LogP contribution in [0.15, 0.2) is 79.4 Å². The number of ether oxygens (including phenoxy) is 1. The molecule has 0 aromatic heterocycles. The molecule has 3 nitrogen and oxygen atoms in total. The second kappa shape index (κ2) is 10.8. The second-order valence-electron chi connectivity index (χ2n) is 6.90. The number of carbonyl (C=O) groups excluding carboxylic acids is 1. The first-order valence-electron chi connectivity index (χ1n) is 8.76. The zero-order chi connectivity index (χ0) is 20.3. The van der Waals surface area contributed by atoms with Crippen LogP contribution in [-0.4, -0.2) is 16.7 Å². The van der Waals surface area contributed by atoms with Crippen molar-refractivity contribution >= 4 is 17.6 Å². The summed E-state index contributed by atoms with van der Waals surface area (Å²) in [6.45, 7) is 10.8. The summed E-state index contributed by atoms with van der Waals surface area (Å²) in [5, 5.41) is 9.18. The molecule has 0 aliphatic rings. The molecule has 0 aliphatic heterocycles. The number of phenols is 1. The van der Waals surface area contributed by atoms with Crippen molar-refractivity contribution in [3.8, 4) is 5.75 Å². The fourth-order valence-corrected chi connectivity index (χ4v) is 2.03. The highest BCUT2D eigenvalue weighted by molar-refractivity contribution is 5.81. The first-order chi connectivity index (χ1) is 12.7. The van der Waals surface area contributed by atoms with Crippen LogP contribution in [0, 0.1) is 0 Å². The molecule has 2 rings (SSSR count). The van der Waals surface area contributed by atoms with E-state index in [1.807, 2.05) is 63.3 Å². The number of phenolic OH excluding ortho intramolecular Hbond substituents is 1. The van der Waals surface area contributed by atoms with Crippen molar-refractivity contribution in [1.82, 2.24) is 0 Å². The molecule has 0 saturated carbocycles. The quantitative estimate of drug-likeness (QED) is 0.410. The monoisotopic (exact) mass is 364 g/mol. The lowest BCUT2D eigenvalue weighted by atomic mass is 10.1.